The van der Waals surface area contributed by atoms with Crippen molar-refractivity contribution in [1.29, 1.82) is 0 Å². The molecule has 0 aliphatic carbocycles. The fourth-order valence-electron chi connectivity index (χ4n) is 2.21. The van der Waals surface area contributed by atoms with Gasteiger partial charge in [-0.05, 0) is 31.5 Å². The Morgan fingerprint density at radius 2 is 2.05 bits per heavy atom. The van der Waals surface area contributed by atoms with Gasteiger partial charge in [-0.2, -0.15) is 0 Å². The molecule has 1 aromatic carbocycles. The Hall–Kier alpha value is -1.73. The SMILES string of the molecule is CC(C)n1cnnc1SCC(O)c1ccc2c(c1)OCCO2. The topological polar surface area (TPSA) is 69.4 Å². The number of fused-ring (bicyclic) bond motifs is 1. The number of ether oxygens (including phenoxy) is 2. The maximum atomic E-state index is 10.4. The standard InChI is InChI=1S/C15H19N3O3S/c1-10(2)18-9-16-17-15(18)22-8-12(19)11-3-4-13-14(7-11)21-6-5-20-13/h3-4,7,9-10,12,19H,5-6,8H2,1-2H3. The van der Waals surface area contributed by atoms with Gasteiger partial charge in [-0.3, -0.25) is 0 Å². The summed E-state index contributed by atoms with van der Waals surface area (Å²) in [6, 6.07) is 5.84. The van der Waals surface area contributed by atoms with Gasteiger partial charge in [0.25, 0.3) is 0 Å². The van der Waals surface area contributed by atoms with E-state index in [1.165, 1.54) is 11.8 Å². The molecule has 1 unspecified atom stereocenters. The summed E-state index contributed by atoms with van der Waals surface area (Å²) in [7, 11) is 0. The van der Waals surface area contributed by atoms with E-state index in [1.807, 2.05) is 22.8 Å². The van der Waals surface area contributed by atoms with Crippen molar-refractivity contribution in [2.45, 2.75) is 31.1 Å². The van der Waals surface area contributed by atoms with Crippen molar-refractivity contribution in [3.05, 3.63) is 30.1 Å². The second-order valence-electron chi connectivity index (χ2n) is 5.34. The summed E-state index contributed by atoms with van der Waals surface area (Å²) in [5.41, 5.74) is 0.812. The Labute approximate surface area is 133 Å². The van der Waals surface area contributed by atoms with Crippen LogP contribution < -0.4 is 9.47 Å². The van der Waals surface area contributed by atoms with Crippen LogP contribution >= 0.6 is 11.8 Å². The van der Waals surface area contributed by atoms with Gasteiger partial charge < -0.3 is 19.1 Å². The Kier molecular flexibility index (Phi) is 4.54. The van der Waals surface area contributed by atoms with Crippen molar-refractivity contribution in [3.63, 3.8) is 0 Å². The average molecular weight is 321 g/mol. The Morgan fingerprint density at radius 1 is 1.27 bits per heavy atom. The van der Waals surface area contributed by atoms with Gasteiger partial charge in [0.2, 0.25) is 0 Å². The quantitative estimate of drug-likeness (QED) is 0.853. The van der Waals surface area contributed by atoms with Crippen LogP contribution in [0, 0.1) is 0 Å². The number of aliphatic hydroxyl groups excluding tert-OH is 1. The molecule has 6 nitrogen and oxygen atoms in total. The fraction of sp³-hybridized carbons (Fsp3) is 0.467. The van der Waals surface area contributed by atoms with Gasteiger partial charge in [0.1, 0.15) is 19.5 Å². The second kappa shape index (κ2) is 6.58. The zero-order valence-electron chi connectivity index (χ0n) is 12.6. The van der Waals surface area contributed by atoms with Gasteiger partial charge in [0, 0.05) is 11.8 Å². The number of aromatic nitrogens is 3. The van der Waals surface area contributed by atoms with E-state index in [0.29, 0.717) is 30.8 Å². The molecule has 1 atom stereocenters. The first kappa shape index (κ1) is 15.2. The van der Waals surface area contributed by atoms with Gasteiger partial charge >= 0.3 is 0 Å². The first-order valence-corrected chi connectivity index (χ1v) is 8.23. The van der Waals surface area contributed by atoms with Crippen molar-refractivity contribution >= 4 is 11.8 Å². The van der Waals surface area contributed by atoms with Crippen molar-refractivity contribution in [3.8, 4) is 11.5 Å². The van der Waals surface area contributed by atoms with Gasteiger partial charge in [0.15, 0.2) is 16.7 Å². The van der Waals surface area contributed by atoms with E-state index in [-0.39, 0.29) is 0 Å². The minimum absolute atomic E-state index is 0.295. The largest absolute Gasteiger partial charge is 0.486 e. The van der Waals surface area contributed by atoms with Crippen LogP contribution in [0.2, 0.25) is 0 Å². The molecular formula is C15H19N3O3S. The lowest BCUT2D eigenvalue weighted by molar-refractivity contribution is 0.169. The molecule has 1 aliphatic rings. The highest BCUT2D eigenvalue weighted by Crippen LogP contribution is 2.34. The van der Waals surface area contributed by atoms with E-state index < -0.39 is 6.10 Å². The van der Waals surface area contributed by atoms with Crippen LogP contribution in [0.15, 0.2) is 29.7 Å². The average Bonchev–Trinajstić information content (AvgIpc) is 3.01. The molecule has 0 bridgehead atoms. The number of nitrogens with zero attached hydrogens (tertiary/aromatic N) is 3. The zero-order valence-corrected chi connectivity index (χ0v) is 13.4. The zero-order chi connectivity index (χ0) is 15.5. The summed E-state index contributed by atoms with van der Waals surface area (Å²) >= 11 is 1.49. The summed E-state index contributed by atoms with van der Waals surface area (Å²) in [6.45, 7) is 5.25. The van der Waals surface area contributed by atoms with Crippen LogP contribution in [0.4, 0.5) is 0 Å². The highest BCUT2D eigenvalue weighted by atomic mass is 32.2. The van der Waals surface area contributed by atoms with Crippen LogP contribution in [0.5, 0.6) is 11.5 Å². The third kappa shape index (κ3) is 3.20. The van der Waals surface area contributed by atoms with E-state index >= 15 is 0 Å². The maximum absolute atomic E-state index is 10.4. The van der Waals surface area contributed by atoms with Crippen LogP contribution in [-0.2, 0) is 0 Å². The van der Waals surface area contributed by atoms with Crippen molar-refractivity contribution in [2.24, 2.45) is 0 Å². The molecule has 7 heteroatoms. The maximum Gasteiger partial charge on any atom is 0.191 e. The lowest BCUT2D eigenvalue weighted by Gasteiger charge is -2.20. The van der Waals surface area contributed by atoms with E-state index in [9.17, 15) is 5.11 Å². The molecule has 1 N–H and O–H groups in total. The summed E-state index contributed by atoms with van der Waals surface area (Å²) in [6.07, 6.45) is 1.11. The molecule has 0 radical (unpaired) electrons. The molecule has 0 amide bonds. The Bertz CT molecular complexity index is 645. The lowest BCUT2D eigenvalue weighted by Crippen LogP contribution is -2.15. The van der Waals surface area contributed by atoms with E-state index in [1.54, 1.807) is 6.33 Å². The van der Waals surface area contributed by atoms with Crippen LogP contribution in [0.25, 0.3) is 0 Å². The van der Waals surface area contributed by atoms with Crippen LogP contribution in [0.1, 0.15) is 31.6 Å². The number of hydrogen-bond acceptors (Lipinski definition) is 6. The highest BCUT2D eigenvalue weighted by molar-refractivity contribution is 7.99. The fourth-order valence-corrected chi connectivity index (χ4v) is 3.22. The van der Waals surface area contributed by atoms with Crippen molar-refractivity contribution < 1.29 is 14.6 Å². The molecule has 0 saturated carbocycles. The summed E-state index contributed by atoms with van der Waals surface area (Å²) < 4.78 is 13.0. The lowest BCUT2D eigenvalue weighted by atomic mass is 10.1. The van der Waals surface area contributed by atoms with Gasteiger partial charge in [-0.25, -0.2) is 0 Å². The molecule has 0 saturated heterocycles. The highest BCUT2D eigenvalue weighted by Gasteiger charge is 2.17. The predicted molar refractivity (Wildman–Crippen MR) is 83.5 cm³/mol. The minimum Gasteiger partial charge on any atom is -0.486 e. The van der Waals surface area contributed by atoms with Gasteiger partial charge in [0.05, 0.1) is 6.10 Å². The first-order valence-electron chi connectivity index (χ1n) is 7.25. The number of hydrogen-bond donors (Lipinski definition) is 1. The molecule has 0 fully saturated rings. The monoisotopic (exact) mass is 321 g/mol. The van der Waals surface area contributed by atoms with Gasteiger partial charge in [-0.1, -0.05) is 17.8 Å². The molecule has 2 aromatic rings. The summed E-state index contributed by atoms with van der Waals surface area (Å²) in [5.74, 6) is 1.93. The minimum atomic E-state index is -0.599. The summed E-state index contributed by atoms with van der Waals surface area (Å²) in [5, 5.41) is 19.2. The molecule has 3 rings (SSSR count). The first-order chi connectivity index (χ1) is 10.6. The normalized spacial score (nSPS) is 15.1. The number of aliphatic hydroxyl groups is 1. The molecule has 118 valence electrons. The van der Waals surface area contributed by atoms with E-state index in [2.05, 4.69) is 24.0 Å². The summed E-state index contributed by atoms with van der Waals surface area (Å²) in [4.78, 5) is 0. The van der Waals surface area contributed by atoms with Crippen molar-refractivity contribution in [2.75, 3.05) is 19.0 Å². The molecule has 22 heavy (non-hydrogen) atoms. The Balaban J connectivity index is 1.67. The predicted octanol–water partition coefficient (Wildman–Crippen LogP) is 2.46. The van der Waals surface area contributed by atoms with Crippen molar-refractivity contribution in [1.82, 2.24) is 14.8 Å². The van der Waals surface area contributed by atoms with Crippen LogP contribution in [0.3, 0.4) is 0 Å². The third-order valence-electron chi connectivity index (χ3n) is 3.42. The van der Waals surface area contributed by atoms with Crippen LogP contribution in [-0.4, -0.2) is 38.8 Å². The third-order valence-corrected chi connectivity index (χ3v) is 4.45. The number of rotatable bonds is 5. The molecular weight excluding hydrogens is 302 g/mol. The van der Waals surface area contributed by atoms with E-state index in [4.69, 9.17) is 9.47 Å². The smallest absolute Gasteiger partial charge is 0.191 e. The second-order valence-corrected chi connectivity index (χ2v) is 6.33. The molecule has 0 spiro atoms. The molecule has 1 aliphatic heterocycles. The molecule has 1 aromatic heterocycles. The Morgan fingerprint density at radius 3 is 2.82 bits per heavy atom. The van der Waals surface area contributed by atoms with Gasteiger partial charge in [-0.15, -0.1) is 10.2 Å². The van der Waals surface area contributed by atoms with E-state index in [0.717, 1.165) is 16.5 Å². The number of thioether (sulfide) groups is 1. The number of benzene rings is 1. The molecule has 2 heterocycles.